The number of hydrogen-bond acceptors (Lipinski definition) is 4. The molecule has 110 valence electrons. The van der Waals surface area contributed by atoms with Gasteiger partial charge in [0.1, 0.15) is 23.7 Å². The van der Waals surface area contributed by atoms with Crippen LogP contribution in [0.5, 0.6) is 11.5 Å². The SMILES string of the molecule is C[C@@H]1COc2cccc(O)c2CN1C(=O)OC(C)(C)C. The molecule has 1 heterocycles. The molecule has 2 rings (SSSR count). The Morgan fingerprint density at radius 2 is 2.15 bits per heavy atom. The minimum Gasteiger partial charge on any atom is -0.507 e. The van der Waals surface area contributed by atoms with Gasteiger partial charge in [-0.1, -0.05) is 6.07 Å². The normalized spacial score (nSPS) is 18.8. The minimum absolute atomic E-state index is 0.128. The molecule has 0 aromatic heterocycles. The lowest BCUT2D eigenvalue weighted by molar-refractivity contribution is 0.0132. The summed E-state index contributed by atoms with van der Waals surface area (Å²) in [4.78, 5) is 13.8. The van der Waals surface area contributed by atoms with Gasteiger partial charge < -0.3 is 14.6 Å². The number of benzene rings is 1. The van der Waals surface area contributed by atoms with E-state index in [1.807, 2.05) is 27.7 Å². The largest absolute Gasteiger partial charge is 0.507 e. The summed E-state index contributed by atoms with van der Waals surface area (Å²) in [5.41, 5.74) is 0.0635. The molecule has 20 heavy (non-hydrogen) atoms. The number of hydrogen-bond donors (Lipinski definition) is 1. The summed E-state index contributed by atoms with van der Waals surface area (Å²) in [6.45, 7) is 8.03. The summed E-state index contributed by atoms with van der Waals surface area (Å²) in [5, 5.41) is 9.94. The molecule has 0 unspecified atom stereocenters. The topological polar surface area (TPSA) is 59.0 Å². The van der Waals surface area contributed by atoms with Crippen LogP contribution in [-0.2, 0) is 11.3 Å². The Balaban J connectivity index is 2.26. The Morgan fingerprint density at radius 1 is 1.45 bits per heavy atom. The van der Waals surface area contributed by atoms with Crippen LogP contribution < -0.4 is 4.74 Å². The average Bonchev–Trinajstić information content (AvgIpc) is 2.48. The summed E-state index contributed by atoms with van der Waals surface area (Å²) < 4.78 is 11.1. The first-order valence-electron chi connectivity index (χ1n) is 6.71. The molecule has 0 radical (unpaired) electrons. The first-order chi connectivity index (χ1) is 9.28. The van der Waals surface area contributed by atoms with Gasteiger partial charge in [-0.15, -0.1) is 0 Å². The van der Waals surface area contributed by atoms with E-state index in [0.717, 1.165) is 0 Å². The van der Waals surface area contributed by atoms with Crippen molar-refractivity contribution in [3.05, 3.63) is 23.8 Å². The van der Waals surface area contributed by atoms with E-state index < -0.39 is 11.7 Å². The smallest absolute Gasteiger partial charge is 0.410 e. The van der Waals surface area contributed by atoms with E-state index in [4.69, 9.17) is 9.47 Å². The third-order valence-corrected chi connectivity index (χ3v) is 3.08. The van der Waals surface area contributed by atoms with E-state index in [2.05, 4.69) is 0 Å². The monoisotopic (exact) mass is 279 g/mol. The molecule has 0 aliphatic carbocycles. The number of fused-ring (bicyclic) bond motifs is 1. The van der Waals surface area contributed by atoms with E-state index in [0.29, 0.717) is 17.9 Å². The lowest BCUT2D eigenvalue weighted by Crippen LogP contribution is -2.42. The second kappa shape index (κ2) is 5.23. The van der Waals surface area contributed by atoms with Gasteiger partial charge in [-0.25, -0.2) is 4.79 Å². The summed E-state index contributed by atoms with van der Waals surface area (Å²) in [5.74, 6) is 0.744. The molecule has 1 amide bonds. The number of carbonyl (C=O) groups is 1. The summed E-state index contributed by atoms with van der Waals surface area (Å²) in [6.07, 6.45) is -0.398. The molecule has 1 aliphatic heterocycles. The lowest BCUT2D eigenvalue weighted by atomic mass is 10.1. The van der Waals surface area contributed by atoms with Gasteiger partial charge >= 0.3 is 6.09 Å². The van der Waals surface area contributed by atoms with Crippen LogP contribution in [0.1, 0.15) is 33.3 Å². The van der Waals surface area contributed by atoms with E-state index in [1.165, 1.54) is 0 Å². The highest BCUT2D eigenvalue weighted by molar-refractivity contribution is 5.69. The molecule has 1 aromatic rings. The first kappa shape index (κ1) is 14.5. The van der Waals surface area contributed by atoms with E-state index in [9.17, 15) is 9.90 Å². The molecule has 5 heteroatoms. The number of amides is 1. The Labute approximate surface area is 119 Å². The molecule has 1 aliphatic rings. The highest BCUT2D eigenvalue weighted by atomic mass is 16.6. The van der Waals surface area contributed by atoms with Crippen molar-refractivity contribution in [2.24, 2.45) is 0 Å². The number of carbonyl (C=O) groups excluding carboxylic acids is 1. The third-order valence-electron chi connectivity index (χ3n) is 3.08. The predicted molar refractivity (Wildman–Crippen MR) is 74.8 cm³/mol. The van der Waals surface area contributed by atoms with Crippen molar-refractivity contribution in [1.29, 1.82) is 0 Å². The fourth-order valence-electron chi connectivity index (χ4n) is 2.04. The maximum atomic E-state index is 12.3. The second-order valence-corrected chi connectivity index (χ2v) is 6.02. The van der Waals surface area contributed by atoms with Gasteiger partial charge in [-0.2, -0.15) is 0 Å². The van der Waals surface area contributed by atoms with Crippen molar-refractivity contribution >= 4 is 6.09 Å². The molecule has 0 saturated carbocycles. The maximum Gasteiger partial charge on any atom is 0.410 e. The number of ether oxygens (including phenoxy) is 2. The van der Waals surface area contributed by atoms with Crippen LogP contribution in [0.4, 0.5) is 4.79 Å². The van der Waals surface area contributed by atoms with Crippen LogP contribution in [0.15, 0.2) is 18.2 Å². The number of aromatic hydroxyl groups is 1. The molecule has 0 fully saturated rings. The van der Waals surface area contributed by atoms with Crippen molar-refractivity contribution < 1.29 is 19.4 Å². The van der Waals surface area contributed by atoms with E-state index >= 15 is 0 Å². The van der Waals surface area contributed by atoms with Crippen LogP contribution in [-0.4, -0.2) is 34.3 Å². The van der Waals surface area contributed by atoms with Crippen molar-refractivity contribution in [2.75, 3.05) is 6.61 Å². The molecule has 5 nitrogen and oxygen atoms in total. The molecular formula is C15H21NO4. The minimum atomic E-state index is -0.550. The third kappa shape index (κ3) is 3.15. The van der Waals surface area contributed by atoms with Crippen LogP contribution >= 0.6 is 0 Å². The molecular weight excluding hydrogens is 258 g/mol. The molecule has 0 saturated heterocycles. The Hall–Kier alpha value is -1.91. The van der Waals surface area contributed by atoms with Crippen LogP contribution in [0.2, 0.25) is 0 Å². The summed E-state index contributed by atoms with van der Waals surface area (Å²) in [7, 11) is 0. The molecule has 1 N–H and O–H groups in total. The zero-order valence-electron chi connectivity index (χ0n) is 12.3. The van der Waals surface area contributed by atoms with Crippen molar-refractivity contribution in [1.82, 2.24) is 4.90 Å². The Morgan fingerprint density at radius 3 is 2.80 bits per heavy atom. The van der Waals surface area contributed by atoms with Gasteiger partial charge in [0, 0.05) is 0 Å². The Kier molecular flexibility index (Phi) is 3.79. The van der Waals surface area contributed by atoms with Crippen LogP contribution in [0, 0.1) is 0 Å². The second-order valence-electron chi connectivity index (χ2n) is 6.02. The summed E-state index contributed by atoms with van der Waals surface area (Å²) >= 11 is 0. The van der Waals surface area contributed by atoms with Crippen molar-refractivity contribution in [3.63, 3.8) is 0 Å². The lowest BCUT2D eigenvalue weighted by Gasteiger charge is -2.29. The van der Waals surface area contributed by atoms with E-state index in [-0.39, 0.29) is 18.3 Å². The fraction of sp³-hybridized carbons (Fsp3) is 0.533. The number of phenols is 1. The zero-order chi connectivity index (χ0) is 14.9. The number of phenolic OH excluding ortho intramolecular Hbond substituents is 1. The quantitative estimate of drug-likeness (QED) is 0.793. The van der Waals surface area contributed by atoms with Crippen molar-refractivity contribution in [2.45, 2.75) is 45.9 Å². The number of nitrogens with zero attached hydrogens (tertiary/aromatic N) is 1. The van der Waals surface area contributed by atoms with Crippen LogP contribution in [0.25, 0.3) is 0 Å². The predicted octanol–water partition coefficient (Wildman–Crippen LogP) is 2.91. The average molecular weight is 279 g/mol. The number of rotatable bonds is 0. The molecule has 1 atom stereocenters. The van der Waals surface area contributed by atoms with E-state index in [1.54, 1.807) is 23.1 Å². The first-order valence-corrected chi connectivity index (χ1v) is 6.71. The molecule has 1 aromatic carbocycles. The van der Waals surface area contributed by atoms with Gasteiger partial charge in [0.25, 0.3) is 0 Å². The highest BCUT2D eigenvalue weighted by Crippen LogP contribution is 2.32. The Bertz CT molecular complexity index is 507. The summed E-state index contributed by atoms with van der Waals surface area (Å²) in [6, 6.07) is 4.98. The zero-order valence-corrected chi connectivity index (χ0v) is 12.3. The van der Waals surface area contributed by atoms with Gasteiger partial charge in [-0.05, 0) is 39.8 Å². The standard InChI is InChI=1S/C15H21NO4/c1-10-9-19-13-7-5-6-12(17)11(13)8-16(10)14(18)20-15(2,3)4/h5-7,10,17H,8-9H2,1-4H3/t10-/m1/s1. The van der Waals surface area contributed by atoms with Gasteiger partial charge in [0.2, 0.25) is 0 Å². The van der Waals surface area contributed by atoms with Gasteiger partial charge in [0.05, 0.1) is 18.2 Å². The fourth-order valence-corrected chi connectivity index (χ4v) is 2.04. The van der Waals surface area contributed by atoms with Crippen LogP contribution in [0.3, 0.4) is 0 Å². The van der Waals surface area contributed by atoms with Gasteiger partial charge in [0.15, 0.2) is 0 Å². The van der Waals surface area contributed by atoms with Crippen molar-refractivity contribution in [3.8, 4) is 11.5 Å². The highest BCUT2D eigenvalue weighted by Gasteiger charge is 2.30. The van der Waals surface area contributed by atoms with Gasteiger partial charge in [-0.3, -0.25) is 4.90 Å². The molecule has 0 spiro atoms. The maximum absolute atomic E-state index is 12.3. The molecule has 0 bridgehead atoms.